The van der Waals surface area contributed by atoms with Crippen LogP contribution in [0.25, 0.3) is 10.9 Å². The van der Waals surface area contributed by atoms with Crippen molar-refractivity contribution in [2.45, 2.75) is 50.5 Å². The SMILES string of the molecule is OC[C@H]1OCCC1O.[C-]#[N+]/C(C#N)=C1/C=C(C)OC(/C=C/c2ccc(N(C)CCO[C@H]3CC(O)[C@@H](CO)O3)cc2)=C1. The summed E-state index contributed by atoms with van der Waals surface area (Å²) in [7, 11) is 1.96. The van der Waals surface area contributed by atoms with Crippen LogP contribution in [0, 0.1) is 17.9 Å². The normalized spacial score (nSPS) is 26.7. The van der Waals surface area contributed by atoms with Crippen LogP contribution in [-0.4, -0.2) is 91.2 Å². The number of hydrogen-bond acceptors (Lipinski definition) is 10. The largest absolute Gasteiger partial charge is 0.462 e. The zero-order valence-corrected chi connectivity index (χ0v) is 23.2. The van der Waals surface area contributed by atoms with Crippen LogP contribution in [0.1, 0.15) is 25.3 Å². The maximum atomic E-state index is 9.75. The minimum absolute atomic E-state index is 0.0313. The number of aliphatic hydroxyl groups excluding tert-OH is 4. The lowest BCUT2D eigenvalue weighted by molar-refractivity contribution is -0.141. The maximum Gasteiger partial charge on any atom is 0.269 e. The predicted molar refractivity (Wildman–Crippen MR) is 151 cm³/mol. The van der Waals surface area contributed by atoms with Crippen LogP contribution in [0.15, 0.2) is 65.3 Å². The second kappa shape index (κ2) is 16.1. The van der Waals surface area contributed by atoms with Crippen molar-refractivity contribution in [3.8, 4) is 6.07 Å². The number of hydrogen-bond donors (Lipinski definition) is 4. The molecular weight excluding hydrogens is 530 g/mol. The van der Waals surface area contributed by atoms with Crippen LogP contribution >= 0.6 is 0 Å². The van der Waals surface area contributed by atoms with E-state index in [1.807, 2.05) is 48.4 Å². The van der Waals surface area contributed by atoms with E-state index in [0.29, 0.717) is 49.7 Å². The summed E-state index contributed by atoms with van der Waals surface area (Å²) in [6.07, 6.45) is 5.54. The Kier molecular flexibility index (Phi) is 12.5. The Balaban J connectivity index is 0.000000496. The van der Waals surface area contributed by atoms with Gasteiger partial charge < -0.3 is 44.3 Å². The van der Waals surface area contributed by atoms with Gasteiger partial charge in [-0.3, -0.25) is 0 Å². The van der Waals surface area contributed by atoms with E-state index >= 15 is 0 Å². The van der Waals surface area contributed by atoms with Gasteiger partial charge in [0.15, 0.2) is 6.29 Å². The number of nitriles is 1. The number of nitrogens with zero attached hydrogens (tertiary/aromatic N) is 3. The highest BCUT2D eigenvalue weighted by Gasteiger charge is 2.33. The zero-order valence-electron chi connectivity index (χ0n) is 23.2. The summed E-state index contributed by atoms with van der Waals surface area (Å²) in [5.41, 5.74) is 2.56. The van der Waals surface area contributed by atoms with Crippen LogP contribution < -0.4 is 4.90 Å². The summed E-state index contributed by atoms with van der Waals surface area (Å²) in [4.78, 5) is 5.31. The Hall–Kier alpha value is -3.52. The number of rotatable bonds is 9. The van der Waals surface area contributed by atoms with Crippen molar-refractivity contribution in [1.29, 1.82) is 5.26 Å². The highest BCUT2D eigenvalue weighted by molar-refractivity contribution is 5.59. The van der Waals surface area contributed by atoms with Gasteiger partial charge in [0.2, 0.25) is 0 Å². The summed E-state index contributed by atoms with van der Waals surface area (Å²) in [5.74, 6) is 1.18. The Bertz CT molecular complexity index is 1200. The van der Waals surface area contributed by atoms with Gasteiger partial charge in [-0.2, -0.15) is 0 Å². The molecule has 220 valence electrons. The number of ether oxygens (including phenoxy) is 4. The fourth-order valence-electron chi connectivity index (χ4n) is 4.27. The summed E-state index contributed by atoms with van der Waals surface area (Å²) in [6, 6.07) is 9.86. The van der Waals surface area contributed by atoms with Gasteiger partial charge in [-0.05, 0) is 54.8 Å². The monoisotopic (exact) mass is 567 g/mol. The minimum atomic E-state index is -0.697. The van der Waals surface area contributed by atoms with Gasteiger partial charge in [0, 0.05) is 32.3 Å². The first-order valence-corrected chi connectivity index (χ1v) is 13.3. The average Bonchev–Trinajstić information content (AvgIpc) is 3.56. The van der Waals surface area contributed by atoms with Crippen molar-refractivity contribution < 1.29 is 39.4 Å². The lowest BCUT2D eigenvalue weighted by Crippen LogP contribution is -2.26. The molecular formula is C30H37N3O8. The fraction of sp³-hybridized carbons (Fsp3) is 0.467. The summed E-state index contributed by atoms with van der Waals surface area (Å²) >= 11 is 0. The van der Waals surface area contributed by atoms with Gasteiger partial charge in [0.25, 0.3) is 5.70 Å². The number of benzene rings is 1. The van der Waals surface area contributed by atoms with Crippen molar-refractivity contribution >= 4 is 11.8 Å². The van der Waals surface area contributed by atoms with Crippen molar-refractivity contribution in [2.24, 2.45) is 0 Å². The molecule has 2 fully saturated rings. The lowest BCUT2D eigenvalue weighted by Gasteiger charge is -2.21. The van der Waals surface area contributed by atoms with Crippen molar-refractivity contribution in [3.63, 3.8) is 0 Å². The van der Waals surface area contributed by atoms with Crippen LogP contribution in [0.4, 0.5) is 5.69 Å². The molecule has 41 heavy (non-hydrogen) atoms. The van der Waals surface area contributed by atoms with Crippen molar-refractivity contribution in [1.82, 2.24) is 0 Å². The van der Waals surface area contributed by atoms with E-state index in [4.69, 9.17) is 46.1 Å². The third-order valence-electron chi connectivity index (χ3n) is 6.66. The predicted octanol–water partition coefficient (Wildman–Crippen LogP) is 2.26. The number of allylic oxidation sites excluding steroid dienone is 6. The third-order valence-corrected chi connectivity index (χ3v) is 6.66. The van der Waals surface area contributed by atoms with Crippen LogP contribution in [0.3, 0.4) is 0 Å². The summed E-state index contributed by atoms with van der Waals surface area (Å²) < 4.78 is 21.7. The number of likely N-dealkylation sites (N-methyl/N-ethyl adjacent to an activating group) is 1. The molecule has 2 unspecified atom stereocenters. The molecule has 0 aromatic heterocycles. The Labute approximate surface area is 240 Å². The molecule has 4 N–H and O–H groups in total. The van der Waals surface area contributed by atoms with Crippen LogP contribution in [0.2, 0.25) is 0 Å². The van der Waals surface area contributed by atoms with Crippen molar-refractivity contribution in [2.75, 3.05) is 44.9 Å². The van der Waals surface area contributed by atoms with E-state index in [1.54, 1.807) is 25.2 Å². The molecule has 11 heteroatoms. The van der Waals surface area contributed by atoms with Gasteiger partial charge in [-0.25, -0.2) is 10.1 Å². The molecule has 0 amide bonds. The molecule has 0 saturated carbocycles. The first-order chi connectivity index (χ1) is 19.8. The molecule has 0 aliphatic carbocycles. The molecule has 11 nitrogen and oxygen atoms in total. The smallest absolute Gasteiger partial charge is 0.269 e. The average molecular weight is 568 g/mol. The fourth-order valence-corrected chi connectivity index (χ4v) is 4.27. The maximum absolute atomic E-state index is 9.75. The molecule has 1 aromatic carbocycles. The molecule has 0 spiro atoms. The van der Waals surface area contributed by atoms with E-state index in [-0.39, 0.29) is 25.0 Å². The molecule has 2 saturated heterocycles. The van der Waals surface area contributed by atoms with E-state index in [1.165, 1.54) is 0 Å². The van der Waals surface area contributed by atoms with E-state index in [9.17, 15) is 5.11 Å². The summed E-state index contributed by atoms with van der Waals surface area (Å²) in [5, 5.41) is 45.3. The molecule has 4 rings (SSSR count). The topological polar surface area (TPSA) is 149 Å². The zero-order chi connectivity index (χ0) is 29.8. The van der Waals surface area contributed by atoms with E-state index < -0.39 is 24.6 Å². The van der Waals surface area contributed by atoms with Gasteiger partial charge in [-0.15, -0.1) is 0 Å². The Morgan fingerprint density at radius 1 is 1.15 bits per heavy atom. The van der Waals surface area contributed by atoms with E-state index in [2.05, 4.69) is 4.85 Å². The molecule has 3 aliphatic rings. The van der Waals surface area contributed by atoms with Crippen LogP contribution in [0.5, 0.6) is 0 Å². The molecule has 1 aromatic rings. The lowest BCUT2D eigenvalue weighted by atomic mass is 10.1. The molecule has 3 heterocycles. The third kappa shape index (κ3) is 9.52. The number of aliphatic hydroxyl groups is 4. The van der Waals surface area contributed by atoms with Crippen LogP contribution in [-0.2, 0) is 18.9 Å². The van der Waals surface area contributed by atoms with Gasteiger partial charge in [0.05, 0.1) is 44.7 Å². The minimum Gasteiger partial charge on any atom is -0.462 e. The summed E-state index contributed by atoms with van der Waals surface area (Å²) in [6.45, 7) is 10.2. The van der Waals surface area contributed by atoms with E-state index in [0.717, 1.165) is 11.3 Å². The second-order valence-corrected chi connectivity index (χ2v) is 9.69. The first-order valence-electron chi connectivity index (χ1n) is 13.3. The standard InChI is InChI=1S/C25H27N3O5.C5H10O3/c1-17-12-19(22(15-26)27-2)13-21(32-17)9-6-18-4-7-20(8-5-18)28(3)10-11-31-25-14-23(30)24(16-29)33-25;6-3-5-4(7)1-2-8-5/h4-9,12-13,23-25,29-30H,10-11,14,16H2,1,3H3;4-7H,1-3H2/b9-6+,22-19-;/t23?,24-,25-;4?,5-/m11/s1. The second-order valence-electron chi connectivity index (χ2n) is 9.69. The number of anilines is 1. The molecule has 5 atom stereocenters. The van der Waals surface area contributed by atoms with Gasteiger partial charge in [-0.1, -0.05) is 18.2 Å². The Morgan fingerprint density at radius 2 is 1.88 bits per heavy atom. The van der Waals surface area contributed by atoms with Gasteiger partial charge >= 0.3 is 0 Å². The highest BCUT2D eigenvalue weighted by Crippen LogP contribution is 2.24. The first kappa shape index (κ1) is 32.0. The molecule has 0 bridgehead atoms. The molecule has 3 aliphatic heterocycles. The molecule has 0 radical (unpaired) electrons. The highest BCUT2D eigenvalue weighted by atomic mass is 16.7. The van der Waals surface area contributed by atoms with Crippen molar-refractivity contribution in [3.05, 3.63) is 82.3 Å². The Morgan fingerprint density at radius 3 is 2.44 bits per heavy atom. The quantitative estimate of drug-likeness (QED) is 0.259. The van der Waals surface area contributed by atoms with Gasteiger partial charge in [0.1, 0.15) is 23.7 Å².